The van der Waals surface area contributed by atoms with E-state index in [1.54, 1.807) is 42.2 Å². The number of anilines is 1. The summed E-state index contributed by atoms with van der Waals surface area (Å²) in [5, 5.41) is 10.7. The minimum Gasteiger partial charge on any atom is -0.507 e. The maximum absolute atomic E-state index is 13.3. The second-order valence-corrected chi connectivity index (χ2v) is 8.99. The summed E-state index contributed by atoms with van der Waals surface area (Å²) in [6, 6.07) is 11.3. The highest BCUT2D eigenvalue weighted by Crippen LogP contribution is 2.30. The SMILES string of the molecule is Cc1ccc(O)c(S(=O)(=O)N2CCN(c3nc(C(F)F)nc4ccccc34)CC2)c1. The molecule has 0 aliphatic carbocycles. The van der Waals surface area contributed by atoms with Crippen molar-refractivity contribution in [2.24, 2.45) is 0 Å². The van der Waals surface area contributed by atoms with Crippen LogP contribution in [0.15, 0.2) is 47.4 Å². The fourth-order valence-corrected chi connectivity index (χ4v) is 5.11. The first-order valence-corrected chi connectivity index (χ1v) is 10.8. The molecular formula is C20H20F2N4O3S. The van der Waals surface area contributed by atoms with Crippen LogP contribution in [0.5, 0.6) is 5.75 Å². The highest BCUT2D eigenvalue weighted by molar-refractivity contribution is 7.89. The van der Waals surface area contributed by atoms with Gasteiger partial charge in [0.1, 0.15) is 16.5 Å². The predicted octanol–water partition coefficient (Wildman–Crippen LogP) is 3.09. The number of phenolic OH excluding ortho intramolecular Hbond substituents is 1. The number of nitrogens with zero attached hydrogens (tertiary/aromatic N) is 4. The fraction of sp³-hybridized carbons (Fsp3) is 0.300. The molecule has 4 rings (SSSR count). The van der Waals surface area contributed by atoms with E-state index in [2.05, 4.69) is 9.97 Å². The number of alkyl halides is 2. The molecule has 1 fully saturated rings. The first-order valence-electron chi connectivity index (χ1n) is 9.37. The van der Waals surface area contributed by atoms with Gasteiger partial charge in [0, 0.05) is 31.6 Å². The molecule has 1 aliphatic rings. The van der Waals surface area contributed by atoms with Gasteiger partial charge in [-0.05, 0) is 36.8 Å². The summed E-state index contributed by atoms with van der Waals surface area (Å²) < 4.78 is 53.8. The molecule has 1 aliphatic heterocycles. The molecule has 0 saturated carbocycles. The molecule has 10 heteroatoms. The van der Waals surface area contributed by atoms with E-state index >= 15 is 0 Å². The summed E-state index contributed by atoms with van der Waals surface area (Å²) in [5.74, 6) is -0.485. The van der Waals surface area contributed by atoms with E-state index in [0.29, 0.717) is 16.7 Å². The Morgan fingerprint density at radius 3 is 2.43 bits per heavy atom. The van der Waals surface area contributed by atoms with Crippen LogP contribution < -0.4 is 4.90 Å². The fourth-order valence-electron chi connectivity index (χ4n) is 3.52. The number of sulfonamides is 1. The van der Waals surface area contributed by atoms with E-state index < -0.39 is 22.3 Å². The number of aromatic hydroxyl groups is 1. The molecule has 0 radical (unpaired) electrons. The molecule has 2 heterocycles. The van der Waals surface area contributed by atoms with Gasteiger partial charge in [0.25, 0.3) is 6.43 Å². The topological polar surface area (TPSA) is 86.6 Å². The quantitative estimate of drug-likeness (QED) is 0.679. The molecule has 30 heavy (non-hydrogen) atoms. The van der Waals surface area contributed by atoms with Gasteiger partial charge < -0.3 is 10.0 Å². The Bertz CT molecular complexity index is 1200. The minimum atomic E-state index is -3.88. The standard InChI is InChI=1S/C20H20F2N4O3S/c1-13-6-7-16(27)17(12-13)30(28,29)26-10-8-25(9-11-26)20-14-4-2-3-5-15(14)23-19(24-20)18(21)22/h2-7,12,18,27H,8-11H2,1H3. The second kappa shape index (κ2) is 7.77. The van der Waals surface area contributed by atoms with Crippen LogP contribution >= 0.6 is 0 Å². The molecule has 0 atom stereocenters. The Morgan fingerprint density at radius 1 is 1.03 bits per heavy atom. The van der Waals surface area contributed by atoms with Crippen molar-refractivity contribution in [3.63, 3.8) is 0 Å². The molecule has 1 N–H and O–H groups in total. The molecule has 0 spiro atoms. The lowest BCUT2D eigenvalue weighted by Gasteiger charge is -2.35. The number of aryl methyl sites for hydroxylation is 1. The highest BCUT2D eigenvalue weighted by atomic mass is 32.2. The van der Waals surface area contributed by atoms with Crippen molar-refractivity contribution in [1.82, 2.24) is 14.3 Å². The van der Waals surface area contributed by atoms with E-state index in [9.17, 15) is 22.3 Å². The zero-order valence-corrected chi connectivity index (χ0v) is 17.0. The molecule has 0 bridgehead atoms. The van der Waals surface area contributed by atoms with Gasteiger partial charge in [-0.15, -0.1) is 0 Å². The third kappa shape index (κ3) is 3.68. The van der Waals surface area contributed by atoms with Gasteiger partial charge in [0.15, 0.2) is 5.82 Å². The molecule has 1 aromatic heterocycles. The van der Waals surface area contributed by atoms with Crippen molar-refractivity contribution in [3.05, 3.63) is 53.9 Å². The Kier molecular flexibility index (Phi) is 5.29. The zero-order chi connectivity index (χ0) is 21.5. The predicted molar refractivity (Wildman–Crippen MR) is 108 cm³/mol. The van der Waals surface area contributed by atoms with E-state index in [1.165, 1.54) is 16.4 Å². The van der Waals surface area contributed by atoms with Crippen molar-refractivity contribution in [3.8, 4) is 5.75 Å². The van der Waals surface area contributed by atoms with Gasteiger partial charge in [-0.2, -0.15) is 4.31 Å². The molecule has 3 aromatic rings. The molecular weight excluding hydrogens is 414 g/mol. The first-order chi connectivity index (χ1) is 14.3. The molecule has 158 valence electrons. The van der Waals surface area contributed by atoms with E-state index in [0.717, 1.165) is 5.56 Å². The largest absolute Gasteiger partial charge is 0.507 e. The second-order valence-electron chi connectivity index (χ2n) is 7.09. The Balaban J connectivity index is 1.62. The van der Waals surface area contributed by atoms with Crippen LogP contribution in [0.25, 0.3) is 10.9 Å². The van der Waals surface area contributed by atoms with E-state index in [1.807, 2.05) is 0 Å². The van der Waals surface area contributed by atoms with Crippen LogP contribution in [0.2, 0.25) is 0 Å². The molecule has 1 saturated heterocycles. The Labute approximate surface area is 172 Å². The minimum absolute atomic E-state index is 0.136. The monoisotopic (exact) mass is 434 g/mol. The third-order valence-corrected chi connectivity index (χ3v) is 6.99. The van der Waals surface area contributed by atoms with Crippen molar-refractivity contribution >= 4 is 26.7 Å². The van der Waals surface area contributed by atoms with Gasteiger partial charge in [-0.25, -0.2) is 27.2 Å². The number of fused-ring (bicyclic) bond motifs is 1. The smallest absolute Gasteiger partial charge is 0.297 e. The van der Waals surface area contributed by atoms with E-state index in [-0.39, 0.29) is 36.8 Å². The average molecular weight is 434 g/mol. The number of rotatable bonds is 4. The number of benzene rings is 2. The number of hydrogen-bond acceptors (Lipinski definition) is 6. The average Bonchev–Trinajstić information content (AvgIpc) is 2.74. The molecule has 0 amide bonds. The first kappa shape index (κ1) is 20.4. The van der Waals surface area contributed by atoms with Gasteiger partial charge in [0.2, 0.25) is 10.0 Å². The molecule has 0 unspecified atom stereocenters. The number of phenols is 1. The summed E-state index contributed by atoms with van der Waals surface area (Å²) >= 11 is 0. The van der Waals surface area contributed by atoms with Crippen LogP contribution in [0.1, 0.15) is 17.8 Å². The third-order valence-electron chi connectivity index (χ3n) is 5.07. The van der Waals surface area contributed by atoms with Crippen LogP contribution in [0, 0.1) is 6.92 Å². The van der Waals surface area contributed by atoms with Crippen molar-refractivity contribution in [2.75, 3.05) is 31.1 Å². The van der Waals surface area contributed by atoms with Crippen LogP contribution in [0.3, 0.4) is 0 Å². The summed E-state index contributed by atoms with van der Waals surface area (Å²) in [6.45, 7) is 2.57. The van der Waals surface area contributed by atoms with E-state index in [4.69, 9.17) is 0 Å². The summed E-state index contributed by atoms with van der Waals surface area (Å²) in [5.41, 5.74) is 1.13. The Morgan fingerprint density at radius 2 is 1.73 bits per heavy atom. The number of piperazine rings is 1. The molecule has 2 aromatic carbocycles. The summed E-state index contributed by atoms with van der Waals surface area (Å²) in [6.07, 6.45) is -2.81. The van der Waals surface area contributed by atoms with Gasteiger partial charge in [-0.3, -0.25) is 0 Å². The number of hydrogen-bond donors (Lipinski definition) is 1. The number of para-hydroxylation sites is 1. The lowest BCUT2D eigenvalue weighted by Crippen LogP contribution is -2.49. The Hall–Kier alpha value is -2.85. The van der Waals surface area contributed by atoms with Crippen molar-refractivity contribution in [2.45, 2.75) is 18.2 Å². The van der Waals surface area contributed by atoms with Gasteiger partial charge in [0.05, 0.1) is 5.52 Å². The van der Waals surface area contributed by atoms with Crippen LogP contribution in [-0.4, -0.2) is 54.0 Å². The number of aromatic nitrogens is 2. The van der Waals surface area contributed by atoms with Crippen LogP contribution in [-0.2, 0) is 10.0 Å². The normalized spacial score (nSPS) is 15.8. The lowest BCUT2D eigenvalue weighted by molar-refractivity contribution is 0.141. The lowest BCUT2D eigenvalue weighted by atomic mass is 10.2. The molecule has 7 nitrogen and oxygen atoms in total. The van der Waals surface area contributed by atoms with Gasteiger partial charge in [-0.1, -0.05) is 18.2 Å². The highest BCUT2D eigenvalue weighted by Gasteiger charge is 2.31. The summed E-state index contributed by atoms with van der Waals surface area (Å²) in [4.78, 5) is 9.63. The number of halogens is 2. The zero-order valence-electron chi connectivity index (χ0n) is 16.2. The van der Waals surface area contributed by atoms with Crippen LogP contribution in [0.4, 0.5) is 14.6 Å². The van der Waals surface area contributed by atoms with Crippen molar-refractivity contribution < 1.29 is 22.3 Å². The van der Waals surface area contributed by atoms with Crippen molar-refractivity contribution in [1.29, 1.82) is 0 Å². The maximum atomic E-state index is 13.3. The maximum Gasteiger partial charge on any atom is 0.297 e. The summed E-state index contributed by atoms with van der Waals surface area (Å²) in [7, 11) is -3.88. The van der Waals surface area contributed by atoms with Gasteiger partial charge >= 0.3 is 0 Å².